The van der Waals surface area contributed by atoms with E-state index in [0.29, 0.717) is 37.6 Å². The van der Waals surface area contributed by atoms with E-state index in [0.717, 1.165) is 75.5 Å². The van der Waals surface area contributed by atoms with E-state index in [2.05, 4.69) is 69.0 Å². The zero-order valence-corrected chi connectivity index (χ0v) is 27.8. The molecule has 1 amide bonds. The lowest BCUT2D eigenvalue weighted by molar-refractivity contribution is 0.0777. The summed E-state index contributed by atoms with van der Waals surface area (Å²) in [6.45, 7) is 10.3. The van der Waals surface area contributed by atoms with Gasteiger partial charge in [-0.2, -0.15) is 0 Å². The fourth-order valence-corrected chi connectivity index (χ4v) is 7.05. The summed E-state index contributed by atoms with van der Waals surface area (Å²) in [5.41, 5.74) is 3.73. The topological polar surface area (TPSA) is 83.3 Å². The molecule has 0 aliphatic carbocycles. The number of ether oxygens (including phenoxy) is 2. The molecule has 0 spiro atoms. The Bertz CT molecular complexity index is 1600. The van der Waals surface area contributed by atoms with Crippen LogP contribution >= 0.6 is 12.4 Å². The van der Waals surface area contributed by atoms with Gasteiger partial charge in [-0.05, 0) is 75.2 Å². The molecule has 0 radical (unpaired) electrons. The van der Waals surface area contributed by atoms with Gasteiger partial charge in [-0.25, -0.2) is 4.98 Å². The average molecular weight is 648 g/mol. The van der Waals surface area contributed by atoms with Crippen molar-refractivity contribution in [3.05, 3.63) is 83.9 Å². The molecule has 2 aliphatic heterocycles. The highest BCUT2D eigenvalue weighted by atomic mass is 35.5. The smallest absolute Gasteiger partial charge is 0.257 e. The van der Waals surface area contributed by atoms with Crippen molar-refractivity contribution in [2.45, 2.75) is 38.1 Å². The first-order valence-corrected chi connectivity index (χ1v) is 16.2. The van der Waals surface area contributed by atoms with Gasteiger partial charge in [0.25, 0.3) is 5.91 Å². The number of carbonyl (C=O) groups excluding carboxylic acids is 1. The zero-order chi connectivity index (χ0) is 31.2. The summed E-state index contributed by atoms with van der Waals surface area (Å²) in [5.74, 6) is 1.48. The Morgan fingerprint density at radius 2 is 1.76 bits per heavy atom. The van der Waals surface area contributed by atoms with Crippen LogP contribution in [0.5, 0.6) is 11.5 Å². The third-order valence-corrected chi connectivity index (χ3v) is 9.52. The van der Waals surface area contributed by atoms with E-state index >= 15 is 0 Å². The van der Waals surface area contributed by atoms with E-state index in [4.69, 9.17) is 14.5 Å². The monoisotopic (exact) mass is 647 g/mol. The van der Waals surface area contributed by atoms with Crippen LogP contribution in [-0.2, 0) is 16.7 Å². The second-order valence-electron chi connectivity index (χ2n) is 12.2. The van der Waals surface area contributed by atoms with Crippen molar-refractivity contribution in [1.29, 1.82) is 0 Å². The number of aromatic hydroxyl groups is 1. The number of hydrogen-bond acceptors (Lipinski definition) is 7. The maximum atomic E-state index is 13.7. The Hall–Kier alpha value is -3.79. The second-order valence-corrected chi connectivity index (χ2v) is 12.2. The fourth-order valence-electron chi connectivity index (χ4n) is 7.05. The molecular formula is C36H46ClN5O4. The van der Waals surface area contributed by atoms with Crippen LogP contribution in [0.4, 0.5) is 5.95 Å². The van der Waals surface area contributed by atoms with E-state index < -0.39 is 0 Å². The van der Waals surface area contributed by atoms with Gasteiger partial charge >= 0.3 is 0 Å². The molecule has 46 heavy (non-hydrogen) atoms. The molecule has 3 heterocycles. The van der Waals surface area contributed by atoms with Crippen molar-refractivity contribution in [2.75, 3.05) is 71.0 Å². The fraction of sp³-hybridized carbons (Fsp3) is 0.444. The number of phenols is 1. The number of imidazole rings is 1. The van der Waals surface area contributed by atoms with E-state index in [1.165, 1.54) is 11.6 Å². The Morgan fingerprint density at radius 3 is 2.57 bits per heavy atom. The number of rotatable bonds is 11. The summed E-state index contributed by atoms with van der Waals surface area (Å²) in [5, 5.41) is 10.1. The maximum Gasteiger partial charge on any atom is 0.257 e. The number of methoxy groups -OCH3 is 1. The number of aromatic nitrogens is 2. The first-order chi connectivity index (χ1) is 22.0. The van der Waals surface area contributed by atoms with Crippen LogP contribution in [0.15, 0.2) is 72.8 Å². The standard InChI is InChI=1S/C36H45N5O4.ClH/c1-3-45-25-24-41-32-13-8-7-12-31(32)37-35(41)39-19-9-18-38(22-23-39)20-16-36(28-10-5-4-6-11-28)17-21-40(27-36)34(43)30-26-29(42)14-15-33(30)44-2;/h4-8,10-15,26,42H,3,9,16-25,27H2,1-2H3;1H. The Kier molecular flexibility index (Phi) is 11.1. The molecule has 9 nitrogen and oxygen atoms in total. The molecule has 2 fully saturated rings. The minimum absolute atomic E-state index is 0. The Morgan fingerprint density at radius 1 is 0.957 bits per heavy atom. The van der Waals surface area contributed by atoms with Crippen LogP contribution in [-0.4, -0.2) is 96.5 Å². The van der Waals surface area contributed by atoms with E-state index in [9.17, 15) is 9.90 Å². The van der Waals surface area contributed by atoms with Gasteiger partial charge in [-0.1, -0.05) is 42.5 Å². The number of para-hydroxylation sites is 2. The van der Waals surface area contributed by atoms with E-state index in [1.807, 2.05) is 11.8 Å². The summed E-state index contributed by atoms with van der Waals surface area (Å²) in [6.07, 6.45) is 2.92. The largest absolute Gasteiger partial charge is 0.508 e. The normalized spacial score (nSPS) is 18.8. The molecule has 1 aromatic heterocycles. The summed E-state index contributed by atoms with van der Waals surface area (Å²) in [6, 6.07) is 23.8. The molecule has 2 aliphatic rings. The minimum atomic E-state index is -0.139. The zero-order valence-electron chi connectivity index (χ0n) is 26.9. The van der Waals surface area contributed by atoms with Crippen LogP contribution in [0.25, 0.3) is 11.0 Å². The third-order valence-electron chi connectivity index (χ3n) is 9.52. The van der Waals surface area contributed by atoms with Crippen molar-refractivity contribution < 1.29 is 19.4 Å². The van der Waals surface area contributed by atoms with Gasteiger partial charge in [-0.15, -0.1) is 12.4 Å². The van der Waals surface area contributed by atoms with Crippen LogP contribution in [0.3, 0.4) is 0 Å². The van der Waals surface area contributed by atoms with E-state index in [1.54, 1.807) is 19.2 Å². The lowest BCUT2D eigenvalue weighted by Crippen LogP contribution is -2.39. The first-order valence-electron chi connectivity index (χ1n) is 16.2. The third kappa shape index (κ3) is 7.12. The Balaban J connectivity index is 0.00000417. The molecule has 1 atom stereocenters. The molecule has 246 valence electrons. The van der Waals surface area contributed by atoms with Crippen LogP contribution in [0, 0.1) is 0 Å². The van der Waals surface area contributed by atoms with Crippen LogP contribution < -0.4 is 9.64 Å². The lowest BCUT2D eigenvalue weighted by atomic mass is 9.76. The highest BCUT2D eigenvalue weighted by Gasteiger charge is 2.42. The van der Waals surface area contributed by atoms with Gasteiger partial charge in [0.2, 0.25) is 5.95 Å². The number of amides is 1. The molecule has 0 saturated carbocycles. The summed E-state index contributed by atoms with van der Waals surface area (Å²) in [4.78, 5) is 25.7. The minimum Gasteiger partial charge on any atom is -0.508 e. The number of nitrogens with zero attached hydrogens (tertiary/aromatic N) is 5. The molecule has 2 saturated heterocycles. The van der Waals surface area contributed by atoms with Crippen LogP contribution in [0.1, 0.15) is 42.1 Å². The molecule has 3 aromatic carbocycles. The summed E-state index contributed by atoms with van der Waals surface area (Å²) >= 11 is 0. The number of phenolic OH excluding ortho intramolecular Hbond substituents is 1. The maximum absolute atomic E-state index is 13.7. The molecule has 4 aromatic rings. The van der Waals surface area contributed by atoms with Crippen molar-refractivity contribution in [3.8, 4) is 11.5 Å². The van der Waals surface area contributed by atoms with Crippen molar-refractivity contribution in [2.24, 2.45) is 0 Å². The second kappa shape index (κ2) is 15.2. The molecular weight excluding hydrogens is 602 g/mol. The van der Waals surface area contributed by atoms with Gasteiger partial charge in [-0.3, -0.25) is 4.79 Å². The average Bonchev–Trinajstić information content (AvgIpc) is 3.59. The molecule has 6 rings (SSSR count). The molecule has 10 heteroatoms. The number of fused-ring (bicyclic) bond motifs is 1. The van der Waals surface area contributed by atoms with Crippen molar-refractivity contribution >= 4 is 35.3 Å². The highest BCUT2D eigenvalue weighted by Crippen LogP contribution is 2.39. The first kappa shape index (κ1) is 33.6. The number of carbonyl (C=O) groups is 1. The number of halogens is 1. The van der Waals surface area contributed by atoms with Crippen molar-refractivity contribution in [3.63, 3.8) is 0 Å². The molecule has 0 bridgehead atoms. The SMILES string of the molecule is CCOCCn1c(N2CCCN(CCC3(c4ccccc4)CCN(C(=O)c4cc(O)ccc4OC)C3)CC2)nc2ccccc21.Cl. The molecule has 1 unspecified atom stereocenters. The van der Waals surface area contributed by atoms with Gasteiger partial charge in [0.1, 0.15) is 11.5 Å². The Labute approximate surface area is 278 Å². The van der Waals surface area contributed by atoms with Gasteiger partial charge in [0.05, 0.1) is 30.3 Å². The predicted molar refractivity (Wildman–Crippen MR) is 185 cm³/mol. The van der Waals surface area contributed by atoms with Crippen molar-refractivity contribution in [1.82, 2.24) is 19.4 Å². The van der Waals surface area contributed by atoms with Gasteiger partial charge in [0, 0.05) is 51.3 Å². The van der Waals surface area contributed by atoms with Gasteiger partial charge < -0.3 is 33.8 Å². The number of likely N-dealkylation sites (tertiary alicyclic amines) is 1. The number of hydrogen-bond donors (Lipinski definition) is 1. The summed E-state index contributed by atoms with van der Waals surface area (Å²) in [7, 11) is 1.56. The lowest BCUT2D eigenvalue weighted by Gasteiger charge is -2.33. The number of anilines is 1. The predicted octanol–water partition coefficient (Wildman–Crippen LogP) is 5.60. The summed E-state index contributed by atoms with van der Waals surface area (Å²) < 4.78 is 13.5. The van der Waals surface area contributed by atoms with Gasteiger partial charge in [0.15, 0.2) is 0 Å². The molecule has 1 N–H and O–H groups in total. The quantitative estimate of drug-likeness (QED) is 0.212. The highest BCUT2D eigenvalue weighted by molar-refractivity contribution is 5.97. The van der Waals surface area contributed by atoms with Crippen LogP contribution in [0.2, 0.25) is 0 Å². The van der Waals surface area contributed by atoms with E-state index in [-0.39, 0.29) is 29.5 Å². The number of benzene rings is 3.